The minimum Gasteiger partial charge on any atom is -0.348 e. The molecule has 35 heavy (non-hydrogen) atoms. The van der Waals surface area contributed by atoms with Crippen LogP contribution in [0.4, 0.5) is 0 Å². The van der Waals surface area contributed by atoms with E-state index in [0.717, 1.165) is 37.2 Å². The molecular formula is C27H27ClN6O. The van der Waals surface area contributed by atoms with Gasteiger partial charge in [0, 0.05) is 43.4 Å². The molecule has 1 aliphatic carbocycles. The van der Waals surface area contributed by atoms with Crippen molar-refractivity contribution in [1.29, 1.82) is 0 Å². The maximum Gasteiger partial charge on any atom is 0.251 e. The Kier molecular flexibility index (Phi) is 7.16. The van der Waals surface area contributed by atoms with Gasteiger partial charge in [0.25, 0.3) is 5.91 Å². The second-order valence-electron chi connectivity index (χ2n) is 8.77. The van der Waals surface area contributed by atoms with Gasteiger partial charge in [0.15, 0.2) is 0 Å². The van der Waals surface area contributed by atoms with E-state index in [1.165, 1.54) is 23.0 Å². The van der Waals surface area contributed by atoms with Gasteiger partial charge in [-0.1, -0.05) is 41.9 Å². The summed E-state index contributed by atoms with van der Waals surface area (Å²) in [5.41, 5.74) is 5.22. The van der Waals surface area contributed by atoms with Crippen molar-refractivity contribution >= 4 is 17.5 Å². The number of fused-ring (bicyclic) bond motifs is 1. The molecule has 3 aromatic heterocycles. The lowest BCUT2D eigenvalue weighted by molar-refractivity contribution is 0.0950. The molecule has 1 unspecified atom stereocenters. The summed E-state index contributed by atoms with van der Waals surface area (Å²) in [5.74, 6) is 0.761. The fraction of sp³-hybridized carbons (Fsp3) is 0.259. The summed E-state index contributed by atoms with van der Waals surface area (Å²) in [4.78, 5) is 31.4. The molecule has 1 aromatic carbocycles. The number of aryl methyl sites for hydroxylation is 1. The highest BCUT2D eigenvalue weighted by molar-refractivity contribution is 6.29. The molecule has 0 bridgehead atoms. The van der Waals surface area contributed by atoms with Crippen LogP contribution in [0.15, 0.2) is 73.3 Å². The predicted octanol–water partition coefficient (Wildman–Crippen LogP) is 4.86. The Morgan fingerprint density at radius 3 is 2.80 bits per heavy atom. The van der Waals surface area contributed by atoms with Crippen LogP contribution in [-0.2, 0) is 26.1 Å². The normalized spacial score (nSPS) is 15.1. The second kappa shape index (κ2) is 10.8. The van der Waals surface area contributed by atoms with Crippen LogP contribution in [0.2, 0.25) is 5.15 Å². The Balaban J connectivity index is 1.32. The topological polar surface area (TPSA) is 86.8 Å². The molecule has 0 spiro atoms. The summed E-state index contributed by atoms with van der Waals surface area (Å²) in [5, 5.41) is 3.27. The van der Waals surface area contributed by atoms with Crippen LogP contribution in [-0.4, -0.2) is 30.7 Å². The number of carbonyl (C=O) groups excluding carboxylic acids is 1. The molecule has 2 N–H and O–H groups in total. The van der Waals surface area contributed by atoms with Crippen LogP contribution in [0, 0.1) is 0 Å². The smallest absolute Gasteiger partial charge is 0.251 e. The molecule has 1 amide bonds. The highest BCUT2D eigenvalue weighted by Gasteiger charge is 2.28. The molecule has 5 rings (SSSR count). The van der Waals surface area contributed by atoms with Gasteiger partial charge in [-0.05, 0) is 54.2 Å². The van der Waals surface area contributed by atoms with E-state index >= 15 is 0 Å². The van der Waals surface area contributed by atoms with E-state index in [0.29, 0.717) is 23.8 Å². The van der Waals surface area contributed by atoms with E-state index in [1.807, 2.05) is 30.6 Å². The first-order chi connectivity index (χ1) is 17.2. The lowest BCUT2D eigenvalue weighted by Crippen LogP contribution is -2.32. The number of imidazole rings is 1. The summed E-state index contributed by atoms with van der Waals surface area (Å²) >= 11 is 5.91. The Morgan fingerprint density at radius 1 is 1.03 bits per heavy atom. The van der Waals surface area contributed by atoms with Gasteiger partial charge in [0.05, 0.1) is 18.3 Å². The summed E-state index contributed by atoms with van der Waals surface area (Å²) in [6.45, 7) is 1.89. The molecule has 1 atom stereocenters. The van der Waals surface area contributed by atoms with Crippen LogP contribution < -0.4 is 5.32 Å². The van der Waals surface area contributed by atoms with Crippen LogP contribution >= 0.6 is 11.6 Å². The molecule has 7 nitrogen and oxygen atoms in total. The zero-order valence-electron chi connectivity index (χ0n) is 19.3. The number of hydrogen-bond donors (Lipinski definition) is 2. The molecule has 0 radical (unpaired) electrons. The quantitative estimate of drug-likeness (QED) is 0.347. The van der Waals surface area contributed by atoms with Crippen LogP contribution in [0.5, 0.6) is 0 Å². The Labute approximate surface area is 209 Å². The molecule has 1 aliphatic rings. The number of benzene rings is 1. The summed E-state index contributed by atoms with van der Waals surface area (Å²) in [6, 6.07) is 16.0. The third kappa shape index (κ3) is 5.75. The number of rotatable bonds is 8. The maximum atomic E-state index is 12.5. The van der Waals surface area contributed by atoms with Crippen molar-refractivity contribution < 1.29 is 4.79 Å². The lowest BCUT2D eigenvalue weighted by Gasteiger charge is -2.34. The van der Waals surface area contributed by atoms with Crippen molar-refractivity contribution in [3.8, 4) is 0 Å². The maximum absolute atomic E-state index is 12.5. The number of halogens is 1. The van der Waals surface area contributed by atoms with E-state index in [9.17, 15) is 4.79 Å². The van der Waals surface area contributed by atoms with Gasteiger partial charge < -0.3 is 10.3 Å². The molecule has 0 saturated carbocycles. The molecule has 0 fully saturated rings. The number of nitrogens with zero attached hydrogens (tertiary/aromatic N) is 4. The lowest BCUT2D eigenvalue weighted by atomic mass is 9.90. The van der Waals surface area contributed by atoms with Gasteiger partial charge in [-0.2, -0.15) is 0 Å². The van der Waals surface area contributed by atoms with Crippen molar-refractivity contribution in [1.82, 2.24) is 30.2 Å². The van der Waals surface area contributed by atoms with Gasteiger partial charge in [0.2, 0.25) is 0 Å². The van der Waals surface area contributed by atoms with Gasteiger partial charge in [-0.25, -0.2) is 9.97 Å². The number of pyridine rings is 2. The zero-order valence-corrected chi connectivity index (χ0v) is 20.1. The highest BCUT2D eigenvalue weighted by Crippen LogP contribution is 2.34. The van der Waals surface area contributed by atoms with Gasteiger partial charge in [0.1, 0.15) is 11.0 Å². The summed E-state index contributed by atoms with van der Waals surface area (Å²) in [7, 11) is 0. The standard InChI is InChI=1S/C27H27ClN6O/c28-24-15-22(9-11-29-24)27(35)33-16-19-4-1-5-20(14-19)17-34(18-25-30-12-13-31-25)23-8-2-6-21-7-3-10-32-26(21)23/h1,3-5,7,9-15,23H,2,6,8,16-18H2,(H,30,31)(H,33,35). The molecule has 8 heteroatoms. The zero-order chi connectivity index (χ0) is 24.0. The van der Waals surface area contributed by atoms with E-state index in [2.05, 4.69) is 43.4 Å². The molecule has 0 saturated heterocycles. The van der Waals surface area contributed by atoms with Crippen molar-refractivity contribution in [3.05, 3.63) is 112 Å². The average Bonchev–Trinajstić information content (AvgIpc) is 3.40. The average molecular weight is 487 g/mol. The number of amides is 1. The minimum atomic E-state index is -0.177. The SMILES string of the molecule is O=C(NCc1cccc(CN(Cc2ncc[nH]2)C2CCCc3cccnc32)c1)c1ccnc(Cl)c1. The first-order valence-electron chi connectivity index (χ1n) is 11.8. The number of carbonyl (C=O) groups is 1. The van der Waals surface area contributed by atoms with Gasteiger partial charge >= 0.3 is 0 Å². The van der Waals surface area contributed by atoms with Crippen molar-refractivity contribution in [2.45, 2.75) is 44.9 Å². The monoisotopic (exact) mass is 486 g/mol. The fourth-order valence-electron chi connectivity index (χ4n) is 4.69. The minimum absolute atomic E-state index is 0.177. The molecule has 0 aliphatic heterocycles. The summed E-state index contributed by atoms with van der Waals surface area (Å²) < 4.78 is 0. The van der Waals surface area contributed by atoms with Crippen LogP contribution in [0.3, 0.4) is 0 Å². The van der Waals surface area contributed by atoms with E-state index in [1.54, 1.807) is 18.3 Å². The molecule has 4 aromatic rings. The van der Waals surface area contributed by atoms with Crippen molar-refractivity contribution in [2.75, 3.05) is 0 Å². The number of aromatic amines is 1. The third-order valence-electron chi connectivity index (χ3n) is 6.33. The first kappa shape index (κ1) is 23.2. The number of nitrogens with one attached hydrogen (secondary N) is 2. The van der Waals surface area contributed by atoms with Crippen LogP contribution in [0.1, 0.15) is 57.5 Å². The van der Waals surface area contributed by atoms with Crippen LogP contribution in [0.25, 0.3) is 0 Å². The second-order valence-corrected chi connectivity index (χ2v) is 9.15. The first-order valence-corrected chi connectivity index (χ1v) is 12.2. The highest BCUT2D eigenvalue weighted by atomic mass is 35.5. The molecular weight excluding hydrogens is 460 g/mol. The van der Waals surface area contributed by atoms with Crippen molar-refractivity contribution in [2.24, 2.45) is 0 Å². The number of aromatic nitrogens is 4. The molecule has 178 valence electrons. The number of H-pyrrole nitrogens is 1. The van der Waals surface area contributed by atoms with E-state index in [-0.39, 0.29) is 11.9 Å². The largest absolute Gasteiger partial charge is 0.348 e. The number of hydrogen-bond acceptors (Lipinski definition) is 5. The molecule has 3 heterocycles. The van der Waals surface area contributed by atoms with Gasteiger partial charge in [-0.15, -0.1) is 0 Å². The Bertz CT molecular complexity index is 1290. The Hall–Kier alpha value is -3.55. The van der Waals surface area contributed by atoms with Crippen molar-refractivity contribution in [3.63, 3.8) is 0 Å². The van der Waals surface area contributed by atoms with E-state index in [4.69, 9.17) is 16.6 Å². The third-order valence-corrected chi connectivity index (χ3v) is 6.54. The fourth-order valence-corrected chi connectivity index (χ4v) is 4.87. The van der Waals surface area contributed by atoms with Gasteiger partial charge in [-0.3, -0.25) is 14.7 Å². The summed E-state index contributed by atoms with van der Waals surface area (Å²) in [6.07, 6.45) is 10.4. The predicted molar refractivity (Wildman–Crippen MR) is 135 cm³/mol. The Morgan fingerprint density at radius 2 is 1.94 bits per heavy atom. The van der Waals surface area contributed by atoms with E-state index < -0.39 is 0 Å².